The fourth-order valence-electron chi connectivity index (χ4n) is 3.30. The van der Waals surface area contributed by atoms with E-state index in [4.69, 9.17) is 17.0 Å². The molecule has 1 aliphatic rings. The Bertz CT molecular complexity index is 573. The highest BCUT2D eigenvalue weighted by molar-refractivity contribution is 6.33. The molecule has 0 bridgehead atoms. The maximum Gasteiger partial charge on any atom is 0.193 e. The molecule has 2 rings (SSSR count). The largest absolute Gasteiger partial charge is 0.353 e. The van der Waals surface area contributed by atoms with Gasteiger partial charge in [0.25, 0.3) is 0 Å². The number of halogens is 1. The van der Waals surface area contributed by atoms with Crippen LogP contribution in [0.15, 0.2) is 24.3 Å². The van der Waals surface area contributed by atoms with Gasteiger partial charge >= 0.3 is 0 Å². The zero-order chi connectivity index (χ0) is 17.3. The van der Waals surface area contributed by atoms with Gasteiger partial charge in [-0.3, -0.25) is 5.41 Å². The number of hydrogen-bond donors (Lipinski definition) is 4. The van der Waals surface area contributed by atoms with Gasteiger partial charge in [0.15, 0.2) is 5.96 Å². The molecule has 1 atom stereocenters. The molecule has 5 nitrogen and oxygen atoms in total. The molecule has 0 radical (unpaired) electrons. The van der Waals surface area contributed by atoms with Gasteiger partial charge in [0.05, 0.1) is 10.7 Å². The van der Waals surface area contributed by atoms with Gasteiger partial charge < -0.3 is 15.8 Å². The number of guanidine groups is 1. The highest BCUT2D eigenvalue weighted by atomic mass is 35.5. The zero-order valence-corrected chi connectivity index (χ0v) is 15.0. The van der Waals surface area contributed by atoms with Crippen LogP contribution in [0.5, 0.6) is 0 Å². The van der Waals surface area contributed by atoms with Crippen molar-refractivity contribution in [2.45, 2.75) is 64.1 Å². The maximum absolute atomic E-state index is 10.5. The molecular formula is C17H27ClN4O. The minimum atomic E-state index is -0.359. The normalized spacial score (nSPS) is 23.8. The Balaban J connectivity index is 2.02. The smallest absolute Gasteiger partial charge is 0.193 e. The highest BCUT2D eigenvalue weighted by Crippen LogP contribution is 2.35. The van der Waals surface area contributed by atoms with E-state index < -0.39 is 0 Å². The fourth-order valence-corrected chi connectivity index (χ4v) is 3.49. The molecule has 1 heterocycles. The van der Waals surface area contributed by atoms with Crippen LogP contribution in [0.1, 0.15) is 47.0 Å². The van der Waals surface area contributed by atoms with Gasteiger partial charge in [-0.25, -0.2) is 0 Å². The van der Waals surface area contributed by atoms with E-state index in [1.54, 1.807) is 6.07 Å². The van der Waals surface area contributed by atoms with Crippen LogP contribution in [0.2, 0.25) is 5.02 Å². The van der Waals surface area contributed by atoms with Crippen LogP contribution in [-0.2, 0) is 0 Å². The van der Waals surface area contributed by atoms with E-state index in [0.717, 1.165) is 19.3 Å². The summed E-state index contributed by atoms with van der Waals surface area (Å²) in [7, 11) is 0. The zero-order valence-electron chi connectivity index (χ0n) is 14.3. The molecule has 128 valence electrons. The van der Waals surface area contributed by atoms with Gasteiger partial charge in [-0.05, 0) is 59.1 Å². The number of nitrogens with zero attached hydrogens (tertiary/aromatic N) is 1. The minimum Gasteiger partial charge on any atom is -0.353 e. The van der Waals surface area contributed by atoms with Crippen LogP contribution >= 0.6 is 11.6 Å². The molecule has 1 aromatic rings. The number of hydrogen-bond acceptors (Lipinski definition) is 3. The van der Waals surface area contributed by atoms with Crippen molar-refractivity contribution in [1.29, 1.82) is 5.41 Å². The van der Waals surface area contributed by atoms with Crippen molar-refractivity contribution in [2.24, 2.45) is 0 Å². The van der Waals surface area contributed by atoms with Crippen LogP contribution in [-0.4, -0.2) is 33.3 Å². The van der Waals surface area contributed by atoms with E-state index in [2.05, 4.69) is 10.6 Å². The third kappa shape index (κ3) is 4.37. The average molecular weight is 339 g/mol. The van der Waals surface area contributed by atoms with E-state index >= 15 is 0 Å². The summed E-state index contributed by atoms with van der Waals surface area (Å²) in [5.41, 5.74) is 0.0735. The second-order valence-corrected chi connectivity index (χ2v) is 7.91. The lowest BCUT2D eigenvalue weighted by Crippen LogP contribution is -2.53. The van der Waals surface area contributed by atoms with Crippen LogP contribution < -0.4 is 10.6 Å². The van der Waals surface area contributed by atoms with Gasteiger partial charge in [0, 0.05) is 17.1 Å². The Hall–Kier alpha value is -1.30. The van der Waals surface area contributed by atoms with E-state index in [0.29, 0.717) is 10.7 Å². The molecule has 0 saturated carbocycles. The van der Waals surface area contributed by atoms with Crippen molar-refractivity contribution in [3.8, 4) is 0 Å². The van der Waals surface area contributed by atoms with Crippen LogP contribution in [0.25, 0.3) is 0 Å². The molecular weight excluding hydrogens is 312 g/mol. The minimum absolute atomic E-state index is 0.115. The fraction of sp³-hybridized carbons (Fsp3) is 0.588. The topological polar surface area (TPSA) is 71.4 Å². The van der Waals surface area contributed by atoms with Crippen molar-refractivity contribution in [2.75, 3.05) is 5.32 Å². The lowest BCUT2D eigenvalue weighted by atomic mass is 9.94. The van der Waals surface area contributed by atoms with E-state index in [9.17, 15) is 5.21 Å². The van der Waals surface area contributed by atoms with Crippen LogP contribution in [0.3, 0.4) is 0 Å². The Labute approximate surface area is 143 Å². The first-order chi connectivity index (χ1) is 10.6. The molecule has 4 N–H and O–H groups in total. The van der Waals surface area contributed by atoms with E-state index in [1.165, 1.54) is 5.06 Å². The van der Waals surface area contributed by atoms with Crippen LogP contribution in [0, 0.1) is 5.41 Å². The summed E-state index contributed by atoms with van der Waals surface area (Å²) in [6.07, 6.45) is 2.49. The molecule has 0 spiro atoms. The number of nitrogens with one attached hydrogen (secondary N) is 3. The van der Waals surface area contributed by atoms with Crippen molar-refractivity contribution >= 4 is 23.2 Å². The quantitative estimate of drug-likeness (QED) is 0.484. The van der Waals surface area contributed by atoms with Crippen molar-refractivity contribution < 1.29 is 5.21 Å². The standard InChI is InChI=1S/C17H27ClN4O/c1-16(2)10-9-12(11-17(3,4)22(16)23)20-15(19)21-14-8-6-5-7-13(14)18/h5-8,12,23H,9-11H2,1-4H3,(H3,19,20,21). The Morgan fingerprint density at radius 1 is 1.26 bits per heavy atom. The second kappa shape index (κ2) is 6.67. The number of hydroxylamine groups is 2. The summed E-state index contributed by atoms with van der Waals surface area (Å²) >= 11 is 6.11. The van der Waals surface area contributed by atoms with E-state index in [1.807, 2.05) is 45.9 Å². The molecule has 1 aliphatic heterocycles. The Morgan fingerprint density at radius 3 is 2.57 bits per heavy atom. The molecule has 0 amide bonds. The predicted octanol–water partition coefficient (Wildman–Crippen LogP) is 4.08. The molecule has 23 heavy (non-hydrogen) atoms. The third-order valence-corrected chi connectivity index (χ3v) is 4.81. The third-order valence-electron chi connectivity index (χ3n) is 4.48. The van der Waals surface area contributed by atoms with Crippen molar-refractivity contribution in [1.82, 2.24) is 10.4 Å². The first-order valence-electron chi connectivity index (χ1n) is 7.98. The average Bonchev–Trinajstić information content (AvgIpc) is 2.52. The SMILES string of the molecule is CC1(C)CCC(NC(=N)Nc2ccccc2Cl)CC(C)(C)N1O. The van der Waals surface area contributed by atoms with Gasteiger partial charge in [0.2, 0.25) is 0 Å². The summed E-state index contributed by atoms with van der Waals surface area (Å²) in [5.74, 6) is 0.225. The first-order valence-corrected chi connectivity index (χ1v) is 8.35. The molecule has 1 aromatic carbocycles. The monoisotopic (exact) mass is 338 g/mol. The molecule has 0 aromatic heterocycles. The highest BCUT2D eigenvalue weighted by Gasteiger charge is 2.41. The second-order valence-electron chi connectivity index (χ2n) is 7.50. The van der Waals surface area contributed by atoms with Crippen LogP contribution in [0.4, 0.5) is 5.69 Å². The first kappa shape index (κ1) is 18.0. The van der Waals surface area contributed by atoms with Gasteiger partial charge in [-0.15, -0.1) is 0 Å². The number of benzene rings is 1. The lowest BCUT2D eigenvalue weighted by molar-refractivity contribution is -0.221. The van der Waals surface area contributed by atoms with Gasteiger partial charge in [-0.2, -0.15) is 5.06 Å². The predicted molar refractivity (Wildman–Crippen MR) is 95.4 cm³/mol. The summed E-state index contributed by atoms with van der Waals surface area (Å²) < 4.78 is 0. The molecule has 1 unspecified atom stereocenters. The van der Waals surface area contributed by atoms with E-state index in [-0.39, 0.29) is 23.1 Å². The van der Waals surface area contributed by atoms with Gasteiger partial charge in [0.1, 0.15) is 0 Å². The maximum atomic E-state index is 10.5. The number of para-hydroxylation sites is 1. The molecule has 0 aliphatic carbocycles. The number of rotatable bonds is 2. The Morgan fingerprint density at radius 2 is 1.91 bits per heavy atom. The molecule has 1 saturated heterocycles. The van der Waals surface area contributed by atoms with Crippen molar-refractivity contribution in [3.63, 3.8) is 0 Å². The summed E-state index contributed by atoms with van der Waals surface area (Å²) in [5, 5.41) is 26.9. The van der Waals surface area contributed by atoms with Crippen molar-refractivity contribution in [3.05, 3.63) is 29.3 Å². The van der Waals surface area contributed by atoms with Gasteiger partial charge in [-0.1, -0.05) is 23.7 Å². The lowest BCUT2D eigenvalue weighted by Gasteiger charge is -2.42. The Kier molecular flexibility index (Phi) is 5.23. The summed E-state index contributed by atoms with van der Waals surface area (Å²) in [6.45, 7) is 8.15. The summed E-state index contributed by atoms with van der Waals surface area (Å²) in [6, 6.07) is 7.48. The number of anilines is 1. The molecule has 1 fully saturated rings. The summed E-state index contributed by atoms with van der Waals surface area (Å²) in [4.78, 5) is 0. The molecule has 6 heteroatoms.